The van der Waals surface area contributed by atoms with E-state index in [0.717, 1.165) is 41.1 Å². The van der Waals surface area contributed by atoms with E-state index in [2.05, 4.69) is 6.58 Å². The lowest BCUT2D eigenvalue weighted by Gasteiger charge is -2.18. The maximum atomic E-state index is 13.1. The first-order chi connectivity index (χ1) is 14.1. The number of para-hydroxylation sites is 2. The Morgan fingerprint density at radius 3 is 2.66 bits per heavy atom. The quantitative estimate of drug-likeness (QED) is 0.557. The van der Waals surface area contributed by atoms with Crippen molar-refractivity contribution in [1.82, 2.24) is 14.1 Å². The predicted octanol–water partition coefficient (Wildman–Crippen LogP) is 3.77. The molecule has 0 fully saturated rings. The lowest BCUT2D eigenvalue weighted by Crippen LogP contribution is -2.33. The Morgan fingerprint density at radius 2 is 1.97 bits per heavy atom. The maximum Gasteiger partial charge on any atom is 0.329 e. The molecule has 1 aliphatic carbocycles. The number of imidazole rings is 1. The highest BCUT2D eigenvalue weighted by Crippen LogP contribution is 2.32. The predicted molar refractivity (Wildman–Crippen MR) is 118 cm³/mol. The molecule has 1 amide bonds. The van der Waals surface area contributed by atoms with Crippen LogP contribution in [-0.2, 0) is 30.7 Å². The number of rotatable bonds is 7. The molecule has 6 nitrogen and oxygen atoms in total. The molecule has 1 aromatic carbocycles. The van der Waals surface area contributed by atoms with Crippen molar-refractivity contribution in [2.24, 2.45) is 0 Å². The molecule has 0 N–H and O–H groups in total. The SMILES string of the molecule is C=CCN(C(=O)CCn1c(=O)n(CC)c2ccccc21)c1nc2c(s1)CCCC2. The van der Waals surface area contributed by atoms with E-state index in [0.29, 0.717) is 19.6 Å². The van der Waals surface area contributed by atoms with E-state index in [1.54, 1.807) is 31.4 Å². The molecular formula is C22H26N4O2S. The number of amides is 1. The van der Waals surface area contributed by atoms with Gasteiger partial charge in [0.15, 0.2) is 5.13 Å². The summed E-state index contributed by atoms with van der Waals surface area (Å²) in [6, 6.07) is 7.73. The molecular weight excluding hydrogens is 384 g/mol. The topological polar surface area (TPSA) is 60.1 Å². The van der Waals surface area contributed by atoms with Crippen LogP contribution in [0, 0.1) is 0 Å². The van der Waals surface area contributed by atoms with E-state index < -0.39 is 0 Å². The van der Waals surface area contributed by atoms with E-state index >= 15 is 0 Å². The highest BCUT2D eigenvalue weighted by Gasteiger charge is 2.23. The summed E-state index contributed by atoms with van der Waals surface area (Å²) < 4.78 is 3.45. The summed E-state index contributed by atoms with van der Waals surface area (Å²) in [5.74, 6) is -0.0313. The molecule has 0 saturated carbocycles. The molecule has 0 unspecified atom stereocenters. The van der Waals surface area contributed by atoms with Crippen molar-refractivity contribution in [3.8, 4) is 0 Å². The Kier molecular flexibility index (Phi) is 5.67. The minimum atomic E-state index is -0.0681. The van der Waals surface area contributed by atoms with Gasteiger partial charge in [-0.1, -0.05) is 18.2 Å². The van der Waals surface area contributed by atoms with E-state index in [-0.39, 0.29) is 18.0 Å². The molecule has 29 heavy (non-hydrogen) atoms. The van der Waals surface area contributed by atoms with Gasteiger partial charge in [0.2, 0.25) is 5.91 Å². The van der Waals surface area contributed by atoms with Crippen LogP contribution in [0.2, 0.25) is 0 Å². The van der Waals surface area contributed by atoms with Crippen molar-refractivity contribution in [1.29, 1.82) is 0 Å². The summed E-state index contributed by atoms with van der Waals surface area (Å²) in [4.78, 5) is 33.6. The number of nitrogens with zero attached hydrogens (tertiary/aromatic N) is 4. The molecule has 0 radical (unpaired) electrons. The van der Waals surface area contributed by atoms with E-state index in [4.69, 9.17) is 4.98 Å². The third-order valence-corrected chi connectivity index (χ3v) is 6.65. The molecule has 4 rings (SSSR count). The summed E-state index contributed by atoms with van der Waals surface area (Å²) in [6.07, 6.45) is 6.37. The van der Waals surface area contributed by atoms with Crippen molar-refractivity contribution in [3.63, 3.8) is 0 Å². The number of carbonyl (C=O) groups excluding carboxylic acids is 1. The number of thiazole rings is 1. The van der Waals surface area contributed by atoms with E-state index in [1.165, 1.54) is 11.3 Å². The number of aromatic nitrogens is 3. The third kappa shape index (κ3) is 3.67. The van der Waals surface area contributed by atoms with Crippen molar-refractivity contribution in [2.75, 3.05) is 11.4 Å². The minimum Gasteiger partial charge on any atom is -0.292 e. The van der Waals surface area contributed by atoms with Gasteiger partial charge in [0.1, 0.15) is 0 Å². The summed E-state index contributed by atoms with van der Waals surface area (Å²) >= 11 is 1.62. The van der Waals surface area contributed by atoms with E-state index in [1.807, 2.05) is 31.2 Å². The van der Waals surface area contributed by atoms with Crippen LogP contribution in [0.15, 0.2) is 41.7 Å². The second kappa shape index (κ2) is 8.37. The largest absolute Gasteiger partial charge is 0.329 e. The molecule has 2 heterocycles. The molecule has 7 heteroatoms. The molecule has 2 aromatic heterocycles. The lowest BCUT2D eigenvalue weighted by atomic mass is 10.0. The first kappa shape index (κ1) is 19.6. The Labute approximate surface area is 174 Å². The number of fused-ring (bicyclic) bond motifs is 2. The lowest BCUT2D eigenvalue weighted by molar-refractivity contribution is -0.118. The fraction of sp³-hybridized carbons (Fsp3) is 0.409. The Bertz CT molecular complexity index is 1080. The van der Waals surface area contributed by atoms with Gasteiger partial charge in [-0.2, -0.15) is 0 Å². The normalized spacial score (nSPS) is 13.4. The smallest absolute Gasteiger partial charge is 0.292 e. The van der Waals surface area contributed by atoms with Crippen LogP contribution < -0.4 is 10.6 Å². The summed E-state index contributed by atoms with van der Waals surface area (Å²) in [5, 5.41) is 0.755. The van der Waals surface area contributed by atoms with Gasteiger partial charge in [0.05, 0.1) is 16.7 Å². The Balaban J connectivity index is 1.57. The van der Waals surface area contributed by atoms with Crippen LogP contribution in [0.5, 0.6) is 0 Å². The van der Waals surface area contributed by atoms with Crippen molar-refractivity contribution in [3.05, 3.63) is 58.0 Å². The Hall–Kier alpha value is -2.67. The Morgan fingerprint density at radius 1 is 1.24 bits per heavy atom. The number of hydrogen-bond donors (Lipinski definition) is 0. The van der Waals surface area contributed by atoms with Crippen LogP contribution in [0.1, 0.15) is 36.8 Å². The fourth-order valence-corrected chi connectivity index (χ4v) is 5.18. The zero-order valence-electron chi connectivity index (χ0n) is 16.8. The molecule has 152 valence electrons. The number of carbonyl (C=O) groups is 1. The number of aryl methyl sites for hydroxylation is 4. The first-order valence-electron chi connectivity index (χ1n) is 10.2. The van der Waals surface area contributed by atoms with Gasteiger partial charge in [-0.15, -0.1) is 17.9 Å². The highest BCUT2D eigenvalue weighted by atomic mass is 32.1. The number of hydrogen-bond acceptors (Lipinski definition) is 4. The van der Waals surface area contributed by atoms with Gasteiger partial charge in [-0.05, 0) is 44.7 Å². The molecule has 0 spiro atoms. The summed E-state index contributed by atoms with van der Waals surface area (Å²) in [5.41, 5.74) is 2.84. The maximum absolute atomic E-state index is 13.1. The molecule has 0 atom stereocenters. The van der Waals surface area contributed by atoms with Crippen molar-refractivity contribution >= 4 is 33.4 Å². The van der Waals surface area contributed by atoms with Gasteiger partial charge in [0.25, 0.3) is 0 Å². The molecule has 0 bridgehead atoms. The fourth-order valence-electron chi connectivity index (χ4n) is 4.01. The summed E-state index contributed by atoms with van der Waals surface area (Å²) in [7, 11) is 0. The number of benzene rings is 1. The van der Waals surface area contributed by atoms with E-state index in [9.17, 15) is 9.59 Å². The standard InChI is InChI=1S/C22H26N4O2S/c1-3-14-26(21-23-16-9-5-8-12-19(16)29-21)20(27)13-15-25-18-11-7-6-10-17(18)24(4-2)22(25)28/h3,6-7,10-11H,1,4-5,8-9,12-15H2,2H3. The van der Waals surface area contributed by atoms with Crippen LogP contribution in [-0.4, -0.2) is 26.6 Å². The monoisotopic (exact) mass is 410 g/mol. The number of anilines is 1. The van der Waals surface area contributed by atoms with Crippen molar-refractivity contribution in [2.45, 2.75) is 52.1 Å². The molecule has 0 aliphatic heterocycles. The zero-order chi connectivity index (χ0) is 20.4. The van der Waals surface area contributed by atoms with Gasteiger partial charge >= 0.3 is 5.69 Å². The third-order valence-electron chi connectivity index (χ3n) is 5.47. The second-order valence-electron chi connectivity index (χ2n) is 7.28. The van der Waals surface area contributed by atoms with Crippen LogP contribution in [0.25, 0.3) is 11.0 Å². The molecule has 1 aliphatic rings. The van der Waals surface area contributed by atoms with Gasteiger partial charge in [-0.25, -0.2) is 9.78 Å². The second-order valence-corrected chi connectivity index (χ2v) is 8.35. The molecule has 3 aromatic rings. The van der Waals surface area contributed by atoms with Crippen molar-refractivity contribution < 1.29 is 4.79 Å². The average molecular weight is 411 g/mol. The van der Waals surface area contributed by atoms with Gasteiger partial charge < -0.3 is 0 Å². The minimum absolute atomic E-state index is 0.0313. The van der Waals surface area contributed by atoms with Crippen LogP contribution >= 0.6 is 11.3 Å². The van der Waals surface area contributed by atoms with Crippen LogP contribution in [0.4, 0.5) is 5.13 Å². The zero-order valence-corrected chi connectivity index (χ0v) is 17.6. The first-order valence-corrected chi connectivity index (χ1v) is 11.0. The summed E-state index contributed by atoms with van der Waals surface area (Å²) in [6.45, 7) is 7.14. The average Bonchev–Trinajstić information content (AvgIpc) is 3.28. The highest BCUT2D eigenvalue weighted by molar-refractivity contribution is 7.16. The molecule has 0 saturated heterocycles. The van der Waals surface area contributed by atoms with Crippen LogP contribution in [0.3, 0.4) is 0 Å². The van der Waals surface area contributed by atoms with Gasteiger partial charge in [0, 0.05) is 30.9 Å². The van der Waals surface area contributed by atoms with Gasteiger partial charge in [-0.3, -0.25) is 18.8 Å².